The van der Waals surface area contributed by atoms with Crippen LogP contribution in [0.1, 0.15) is 10.5 Å². The SMILES string of the molecule is COC(=O)c1[nH]c2ccc(Br)cc2c1NC(=O)CN(C)C. The van der Waals surface area contributed by atoms with Gasteiger partial charge in [-0.3, -0.25) is 4.79 Å². The molecule has 6 nitrogen and oxygen atoms in total. The summed E-state index contributed by atoms with van der Waals surface area (Å²) >= 11 is 3.39. The highest BCUT2D eigenvalue weighted by molar-refractivity contribution is 9.10. The Balaban J connectivity index is 2.49. The highest BCUT2D eigenvalue weighted by atomic mass is 79.9. The molecule has 1 aromatic heterocycles. The van der Waals surface area contributed by atoms with Crippen LogP contribution in [0.4, 0.5) is 5.69 Å². The number of anilines is 1. The van der Waals surface area contributed by atoms with E-state index in [1.807, 2.05) is 18.2 Å². The minimum atomic E-state index is -0.525. The molecular weight excluding hydrogens is 338 g/mol. The number of carbonyl (C=O) groups is 2. The number of ether oxygens (including phenoxy) is 1. The van der Waals surface area contributed by atoms with Crippen LogP contribution in [0.5, 0.6) is 0 Å². The molecule has 0 aliphatic heterocycles. The summed E-state index contributed by atoms with van der Waals surface area (Å²) in [5.74, 6) is -0.728. The van der Waals surface area contributed by atoms with Gasteiger partial charge in [-0.1, -0.05) is 15.9 Å². The van der Waals surface area contributed by atoms with Gasteiger partial charge in [-0.2, -0.15) is 0 Å². The van der Waals surface area contributed by atoms with Crippen molar-refractivity contribution in [2.45, 2.75) is 0 Å². The van der Waals surface area contributed by atoms with Gasteiger partial charge in [-0.15, -0.1) is 0 Å². The zero-order chi connectivity index (χ0) is 15.6. The quantitative estimate of drug-likeness (QED) is 0.826. The number of benzene rings is 1. The second kappa shape index (κ2) is 6.28. The van der Waals surface area contributed by atoms with Gasteiger partial charge in [0.25, 0.3) is 0 Å². The van der Waals surface area contributed by atoms with E-state index in [0.717, 1.165) is 15.4 Å². The number of H-pyrrole nitrogens is 1. The van der Waals surface area contributed by atoms with Crippen molar-refractivity contribution in [1.29, 1.82) is 0 Å². The zero-order valence-electron chi connectivity index (χ0n) is 12.0. The van der Waals surface area contributed by atoms with Crippen molar-refractivity contribution in [1.82, 2.24) is 9.88 Å². The number of amides is 1. The number of hydrogen-bond donors (Lipinski definition) is 2. The lowest BCUT2D eigenvalue weighted by Crippen LogP contribution is -2.27. The number of hydrogen-bond acceptors (Lipinski definition) is 4. The van der Waals surface area contributed by atoms with Crippen LogP contribution in [-0.2, 0) is 9.53 Å². The minimum absolute atomic E-state index is 0.203. The first-order chi connectivity index (χ1) is 9.92. The van der Waals surface area contributed by atoms with E-state index >= 15 is 0 Å². The first-order valence-corrected chi connectivity index (χ1v) is 7.05. The Morgan fingerprint density at radius 3 is 2.71 bits per heavy atom. The third-order valence-electron chi connectivity index (χ3n) is 2.87. The van der Waals surface area contributed by atoms with Crippen LogP contribution in [0.2, 0.25) is 0 Å². The number of fused-ring (bicyclic) bond motifs is 1. The van der Waals surface area contributed by atoms with Crippen molar-refractivity contribution in [3.05, 3.63) is 28.4 Å². The summed E-state index contributed by atoms with van der Waals surface area (Å²) in [5.41, 5.74) is 1.42. The minimum Gasteiger partial charge on any atom is -0.464 e. The Morgan fingerprint density at radius 1 is 1.38 bits per heavy atom. The normalized spacial score (nSPS) is 10.9. The molecule has 0 saturated heterocycles. The Morgan fingerprint density at radius 2 is 2.10 bits per heavy atom. The number of aromatic amines is 1. The second-order valence-electron chi connectivity index (χ2n) is 4.84. The van der Waals surface area contributed by atoms with E-state index in [1.165, 1.54) is 7.11 Å². The van der Waals surface area contributed by atoms with E-state index < -0.39 is 5.97 Å². The van der Waals surface area contributed by atoms with Crippen molar-refractivity contribution in [2.24, 2.45) is 0 Å². The van der Waals surface area contributed by atoms with Crippen LogP contribution in [0, 0.1) is 0 Å². The van der Waals surface area contributed by atoms with Crippen molar-refractivity contribution in [3.63, 3.8) is 0 Å². The van der Waals surface area contributed by atoms with Crippen LogP contribution in [-0.4, -0.2) is 49.5 Å². The average Bonchev–Trinajstić information content (AvgIpc) is 2.75. The third kappa shape index (κ3) is 3.43. The van der Waals surface area contributed by atoms with Gasteiger partial charge in [0.15, 0.2) is 0 Å². The number of nitrogens with zero attached hydrogens (tertiary/aromatic N) is 1. The van der Waals surface area contributed by atoms with Crippen LogP contribution in [0.25, 0.3) is 10.9 Å². The fourth-order valence-corrected chi connectivity index (χ4v) is 2.38. The van der Waals surface area contributed by atoms with Crippen LogP contribution in [0.3, 0.4) is 0 Å². The lowest BCUT2D eigenvalue weighted by atomic mass is 10.2. The molecule has 0 aliphatic carbocycles. The maximum absolute atomic E-state index is 12.0. The molecule has 112 valence electrons. The van der Waals surface area contributed by atoms with Gasteiger partial charge in [-0.25, -0.2) is 4.79 Å². The molecule has 0 fully saturated rings. The highest BCUT2D eigenvalue weighted by Crippen LogP contribution is 2.30. The topological polar surface area (TPSA) is 74.4 Å². The van der Waals surface area contributed by atoms with E-state index in [9.17, 15) is 9.59 Å². The predicted molar refractivity (Wildman–Crippen MR) is 84.5 cm³/mol. The number of methoxy groups -OCH3 is 1. The number of esters is 1. The molecule has 0 spiro atoms. The molecule has 2 N–H and O–H groups in total. The maximum Gasteiger partial charge on any atom is 0.356 e. The lowest BCUT2D eigenvalue weighted by molar-refractivity contribution is -0.116. The fraction of sp³-hybridized carbons (Fsp3) is 0.286. The summed E-state index contributed by atoms with van der Waals surface area (Å²) in [6.07, 6.45) is 0. The number of halogens is 1. The van der Waals surface area contributed by atoms with Crippen molar-refractivity contribution >= 4 is 44.4 Å². The van der Waals surface area contributed by atoms with Gasteiger partial charge in [0.2, 0.25) is 5.91 Å². The van der Waals surface area contributed by atoms with Gasteiger partial charge >= 0.3 is 5.97 Å². The van der Waals surface area contributed by atoms with E-state index in [4.69, 9.17) is 4.74 Å². The summed E-state index contributed by atoms with van der Waals surface area (Å²) < 4.78 is 5.61. The van der Waals surface area contributed by atoms with Crippen molar-refractivity contribution in [3.8, 4) is 0 Å². The molecule has 1 aromatic carbocycles. The van der Waals surface area contributed by atoms with Crippen LogP contribution >= 0.6 is 15.9 Å². The molecule has 1 heterocycles. The summed E-state index contributed by atoms with van der Waals surface area (Å²) in [6, 6.07) is 5.52. The zero-order valence-corrected chi connectivity index (χ0v) is 13.6. The van der Waals surface area contributed by atoms with Gasteiger partial charge in [-0.05, 0) is 32.3 Å². The molecule has 7 heteroatoms. The average molecular weight is 354 g/mol. The Hall–Kier alpha value is -1.86. The van der Waals surface area contributed by atoms with Gasteiger partial charge in [0, 0.05) is 15.4 Å². The molecule has 0 radical (unpaired) electrons. The van der Waals surface area contributed by atoms with E-state index in [1.54, 1.807) is 19.0 Å². The van der Waals surface area contributed by atoms with Gasteiger partial charge in [0.1, 0.15) is 5.69 Å². The monoisotopic (exact) mass is 353 g/mol. The predicted octanol–water partition coefficient (Wildman–Crippen LogP) is 2.22. The molecule has 1 amide bonds. The number of nitrogens with one attached hydrogen (secondary N) is 2. The first-order valence-electron chi connectivity index (χ1n) is 6.26. The molecule has 21 heavy (non-hydrogen) atoms. The van der Waals surface area contributed by atoms with Crippen molar-refractivity contribution in [2.75, 3.05) is 33.1 Å². The van der Waals surface area contributed by atoms with Gasteiger partial charge in [0.05, 0.1) is 19.3 Å². The molecule has 0 bridgehead atoms. The fourth-order valence-electron chi connectivity index (χ4n) is 2.02. The Labute approximate surface area is 130 Å². The number of carbonyl (C=O) groups excluding carboxylic acids is 2. The van der Waals surface area contributed by atoms with E-state index in [2.05, 4.69) is 26.2 Å². The summed E-state index contributed by atoms with van der Waals surface area (Å²) in [7, 11) is 4.90. The largest absolute Gasteiger partial charge is 0.464 e. The van der Waals surface area contributed by atoms with Crippen LogP contribution < -0.4 is 5.32 Å². The maximum atomic E-state index is 12.0. The number of likely N-dealkylation sites (N-methyl/N-ethyl adjacent to an activating group) is 1. The molecule has 2 rings (SSSR count). The van der Waals surface area contributed by atoms with Crippen molar-refractivity contribution < 1.29 is 14.3 Å². The Bertz CT molecular complexity index is 694. The molecular formula is C14H16BrN3O3. The van der Waals surface area contributed by atoms with E-state index in [-0.39, 0.29) is 18.1 Å². The number of rotatable bonds is 4. The molecule has 0 aliphatic rings. The molecule has 0 unspecified atom stereocenters. The smallest absolute Gasteiger partial charge is 0.356 e. The summed E-state index contributed by atoms with van der Waals surface area (Å²) in [5, 5.41) is 3.52. The molecule has 2 aromatic rings. The summed E-state index contributed by atoms with van der Waals surface area (Å²) in [4.78, 5) is 28.6. The molecule has 0 atom stereocenters. The van der Waals surface area contributed by atoms with E-state index in [0.29, 0.717) is 5.69 Å². The Kier molecular flexibility index (Phi) is 4.64. The summed E-state index contributed by atoms with van der Waals surface area (Å²) in [6.45, 7) is 0.224. The first kappa shape index (κ1) is 15.5. The highest BCUT2D eigenvalue weighted by Gasteiger charge is 2.20. The molecule has 0 saturated carbocycles. The number of aromatic nitrogens is 1. The lowest BCUT2D eigenvalue weighted by Gasteiger charge is -2.10. The second-order valence-corrected chi connectivity index (χ2v) is 5.76. The third-order valence-corrected chi connectivity index (χ3v) is 3.37. The van der Waals surface area contributed by atoms with Gasteiger partial charge < -0.3 is 19.9 Å². The standard InChI is InChI=1S/C14H16BrN3O3/c1-18(2)7-11(19)17-12-9-6-8(15)4-5-10(9)16-13(12)14(20)21-3/h4-6,16H,7H2,1-3H3,(H,17,19). The van der Waals surface area contributed by atoms with Crippen LogP contribution in [0.15, 0.2) is 22.7 Å².